The SMILES string of the molecule is CC(C)(C)c1ccc(CN(C[C@@H]2CCCO2)C(=O)Nc2ccc(F)cc2)cc1. The first-order chi connectivity index (χ1) is 13.3. The second-order valence-electron chi connectivity index (χ2n) is 8.40. The van der Waals surface area contributed by atoms with Gasteiger partial charge in [-0.25, -0.2) is 9.18 Å². The molecule has 1 fully saturated rings. The van der Waals surface area contributed by atoms with Gasteiger partial charge in [-0.3, -0.25) is 0 Å². The number of halogens is 1. The normalized spacial score (nSPS) is 16.8. The molecule has 150 valence electrons. The molecule has 3 rings (SSSR count). The zero-order chi connectivity index (χ0) is 20.1. The maximum atomic E-state index is 13.1. The Bertz CT molecular complexity index is 776. The van der Waals surface area contributed by atoms with Crippen LogP contribution in [-0.2, 0) is 16.7 Å². The quantitative estimate of drug-likeness (QED) is 0.756. The van der Waals surface area contributed by atoms with Gasteiger partial charge in [-0.05, 0) is 53.6 Å². The number of nitrogens with zero attached hydrogens (tertiary/aromatic N) is 1. The van der Waals surface area contributed by atoms with Gasteiger partial charge in [-0.15, -0.1) is 0 Å². The molecule has 0 aromatic heterocycles. The molecular weight excluding hydrogens is 355 g/mol. The van der Waals surface area contributed by atoms with E-state index in [4.69, 9.17) is 4.74 Å². The van der Waals surface area contributed by atoms with E-state index in [0.717, 1.165) is 25.0 Å². The maximum Gasteiger partial charge on any atom is 0.322 e. The number of nitrogens with one attached hydrogen (secondary N) is 1. The first-order valence-electron chi connectivity index (χ1n) is 9.84. The summed E-state index contributed by atoms with van der Waals surface area (Å²) in [4.78, 5) is 14.7. The van der Waals surface area contributed by atoms with E-state index in [1.165, 1.54) is 17.7 Å². The number of ether oxygens (including phenoxy) is 1. The number of rotatable bonds is 5. The van der Waals surface area contributed by atoms with Gasteiger partial charge in [0.1, 0.15) is 5.82 Å². The van der Waals surface area contributed by atoms with Crippen LogP contribution >= 0.6 is 0 Å². The monoisotopic (exact) mass is 384 g/mol. The number of hydrogen-bond acceptors (Lipinski definition) is 2. The van der Waals surface area contributed by atoms with Crippen molar-refractivity contribution < 1.29 is 13.9 Å². The molecule has 28 heavy (non-hydrogen) atoms. The Hall–Kier alpha value is -2.40. The summed E-state index contributed by atoms with van der Waals surface area (Å²) in [7, 11) is 0. The van der Waals surface area contributed by atoms with Crippen LogP contribution in [0.2, 0.25) is 0 Å². The third-order valence-electron chi connectivity index (χ3n) is 5.02. The fraction of sp³-hybridized carbons (Fsp3) is 0.435. The Morgan fingerprint density at radius 1 is 1.14 bits per heavy atom. The van der Waals surface area contributed by atoms with E-state index < -0.39 is 0 Å². The number of amides is 2. The van der Waals surface area contributed by atoms with Gasteiger partial charge in [0.05, 0.1) is 6.10 Å². The molecule has 1 saturated heterocycles. The summed E-state index contributed by atoms with van der Waals surface area (Å²) in [6, 6.07) is 14.0. The van der Waals surface area contributed by atoms with Crippen LogP contribution in [-0.4, -0.2) is 30.2 Å². The van der Waals surface area contributed by atoms with Gasteiger partial charge in [0.25, 0.3) is 0 Å². The van der Waals surface area contributed by atoms with Crippen molar-refractivity contribution in [3.05, 3.63) is 65.5 Å². The Labute approximate surface area is 166 Å². The van der Waals surface area contributed by atoms with Gasteiger partial charge in [0, 0.05) is 25.4 Å². The molecule has 2 aromatic rings. The Morgan fingerprint density at radius 2 is 1.82 bits per heavy atom. The summed E-state index contributed by atoms with van der Waals surface area (Å²) in [6.07, 6.45) is 2.05. The van der Waals surface area contributed by atoms with Crippen LogP contribution in [0.15, 0.2) is 48.5 Å². The van der Waals surface area contributed by atoms with Crippen LogP contribution in [0.5, 0.6) is 0 Å². The van der Waals surface area contributed by atoms with Gasteiger partial charge in [-0.1, -0.05) is 45.0 Å². The molecule has 5 heteroatoms. The third kappa shape index (κ3) is 5.55. The second-order valence-corrected chi connectivity index (χ2v) is 8.40. The number of carbonyl (C=O) groups is 1. The minimum absolute atomic E-state index is 0.0628. The van der Waals surface area contributed by atoms with Gasteiger partial charge in [0.2, 0.25) is 0 Å². The highest BCUT2D eigenvalue weighted by molar-refractivity contribution is 5.89. The summed E-state index contributed by atoms with van der Waals surface area (Å²) in [5, 5.41) is 2.86. The van der Waals surface area contributed by atoms with Crippen molar-refractivity contribution in [3.8, 4) is 0 Å². The number of carbonyl (C=O) groups excluding carboxylic acids is 1. The summed E-state index contributed by atoms with van der Waals surface area (Å²) < 4.78 is 18.8. The van der Waals surface area contributed by atoms with Crippen molar-refractivity contribution in [3.63, 3.8) is 0 Å². The average Bonchev–Trinajstić information content (AvgIpc) is 3.16. The Morgan fingerprint density at radius 3 is 2.39 bits per heavy atom. The van der Waals surface area contributed by atoms with Crippen molar-refractivity contribution in [2.75, 3.05) is 18.5 Å². The zero-order valence-electron chi connectivity index (χ0n) is 16.9. The number of urea groups is 1. The predicted molar refractivity (Wildman–Crippen MR) is 110 cm³/mol. The largest absolute Gasteiger partial charge is 0.376 e. The van der Waals surface area contributed by atoms with Gasteiger partial charge >= 0.3 is 6.03 Å². The van der Waals surface area contributed by atoms with E-state index in [1.807, 2.05) is 0 Å². The van der Waals surface area contributed by atoms with Crippen molar-refractivity contribution in [2.45, 2.75) is 51.7 Å². The first kappa shape index (κ1) is 20.3. The molecule has 1 heterocycles. The lowest BCUT2D eigenvalue weighted by atomic mass is 9.87. The molecule has 4 nitrogen and oxygen atoms in total. The van der Waals surface area contributed by atoms with Crippen LogP contribution in [0.4, 0.5) is 14.9 Å². The molecule has 1 atom stereocenters. The molecule has 2 aromatic carbocycles. The zero-order valence-corrected chi connectivity index (χ0v) is 16.9. The van der Waals surface area contributed by atoms with E-state index in [9.17, 15) is 9.18 Å². The Kier molecular flexibility index (Phi) is 6.35. The van der Waals surface area contributed by atoms with Crippen LogP contribution in [0, 0.1) is 5.82 Å². The van der Waals surface area contributed by atoms with E-state index in [-0.39, 0.29) is 23.4 Å². The molecule has 0 radical (unpaired) electrons. The summed E-state index contributed by atoms with van der Waals surface area (Å²) in [6.45, 7) is 8.33. The summed E-state index contributed by atoms with van der Waals surface area (Å²) >= 11 is 0. The van der Waals surface area contributed by atoms with Crippen molar-refractivity contribution in [1.29, 1.82) is 0 Å². The molecule has 0 unspecified atom stereocenters. The summed E-state index contributed by atoms with van der Waals surface area (Å²) in [5.41, 5.74) is 3.00. The molecule has 2 amide bonds. The molecule has 0 spiro atoms. The van der Waals surface area contributed by atoms with E-state index >= 15 is 0 Å². The van der Waals surface area contributed by atoms with E-state index in [0.29, 0.717) is 18.8 Å². The summed E-state index contributed by atoms with van der Waals surface area (Å²) in [5.74, 6) is -0.326. The fourth-order valence-electron chi connectivity index (χ4n) is 3.32. The van der Waals surface area contributed by atoms with Crippen molar-refractivity contribution >= 4 is 11.7 Å². The molecule has 0 saturated carbocycles. The lowest BCUT2D eigenvalue weighted by molar-refractivity contribution is 0.0819. The van der Waals surface area contributed by atoms with Gasteiger partial charge < -0.3 is 15.0 Å². The third-order valence-corrected chi connectivity index (χ3v) is 5.02. The number of hydrogen-bond donors (Lipinski definition) is 1. The lowest BCUT2D eigenvalue weighted by Gasteiger charge is -2.26. The van der Waals surface area contributed by atoms with Gasteiger partial charge in [0.15, 0.2) is 0 Å². The number of benzene rings is 2. The van der Waals surface area contributed by atoms with Crippen molar-refractivity contribution in [1.82, 2.24) is 4.90 Å². The minimum Gasteiger partial charge on any atom is -0.376 e. The Balaban J connectivity index is 1.72. The van der Waals surface area contributed by atoms with Crippen molar-refractivity contribution in [2.24, 2.45) is 0 Å². The second kappa shape index (κ2) is 8.74. The van der Waals surface area contributed by atoms with Gasteiger partial charge in [-0.2, -0.15) is 0 Å². The molecule has 1 aliphatic heterocycles. The smallest absolute Gasteiger partial charge is 0.322 e. The lowest BCUT2D eigenvalue weighted by Crippen LogP contribution is -2.39. The highest BCUT2D eigenvalue weighted by Gasteiger charge is 2.23. The molecule has 0 bridgehead atoms. The van der Waals surface area contributed by atoms with Crippen LogP contribution in [0.25, 0.3) is 0 Å². The molecule has 1 aliphatic rings. The maximum absolute atomic E-state index is 13.1. The highest BCUT2D eigenvalue weighted by Crippen LogP contribution is 2.23. The first-order valence-corrected chi connectivity index (χ1v) is 9.84. The van der Waals surface area contributed by atoms with E-state index in [2.05, 4.69) is 50.4 Å². The molecular formula is C23H29FN2O2. The standard InChI is InChI=1S/C23H29FN2O2/c1-23(2,3)18-8-6-17(7-9-18)15-26(16-21-5-4-14-28-21)22(27)25-20-12-10-19(24)11-13-20/h6-13,21H,4-5,14-16H2,1-3H3,(H,25,27)/t21-/m0/s1. The number of anilines is 1. The van der Waals surface area contributed by atoms with Crippen LogP contribution in [0.3, 0.4) is 0 Å². The van der Waals surface area contributed by atoms with Crippen LogP contribution < -0.4 is 5.32 Å². The van der Waals surface area contributed by atoms with Crippen LogP contribution in [0.1, 0.15) is 44.7 Å². The highest BCUT2D eigenvalue weighted by atomic mass is 19.1. The minimum atomic E-state index is -0.326. The average molecular weight is 384 g/mol. The topological polar surface area (TPSA) is 41.6 Å². The predicted octanol–water partition coefficient (Wildman–Crippen LogP) is 5.34. The van der Waals surface area contributed by atoms with E-state index in [1.54, 1.807) is 17.0 Å². The fourth-order valence-corrected chi connectivity index (χ4v) is 3.32. The molecule has 1 N–H and O–H groups in total. The molecule has 0 aliphatic carbocycles.